The second-order valence-electron chi connectivity index (χ2n) is 3.78. The predicted molar refractivity (Wildman–Crippen MR) is 46.8 cm³/mol. The summed E-state index contributed by atoms with van der Waals surface area (Å²) in [6, 6.07) is 0. The van der Waals surface area contributed by atoms with Gasteiger partial charge in [0.15, 0.2) is 0 Å². The van der Waals surface area contributed by atoms with Crippen molar-refractivity contribution >= 4 is 5.91 Å². The molecule has 0 spiro atoms. The first-order chi connectivity index (χ1) is 5.86. The Hall–Kier alpha value is -0.570. The molecule has 0 aromatic carbocycles. The van der Waals surface area contributed by atoms with Crippen molar-refractivity contribution < 1.29 is 4.79 Å². The molecule has 2 aliphatic rings. The Kier molecular flexibility index (Phi) is 2.30. The standard InChI is InChI=1S/C9H16N2O/c12-9-3-6-11(9)7-8-1-4-10-5-2-8/h8,10H,1-7H2. The normalized spacial score (nSPS) is 25.7. The molecule has 0 aromatic heterocycles. The Morgan fingerprint density at radius 3 is 2.67 bits per heavy atom. The summed E-state index contributed by atoms with van der Waals surface area (Å²) in [5.41, 5.74) is 0. The largest absolute Gasteiger partial charge is 0.342 e. The third-order valence-electron chi connectivity index (χ3n) is 2.89. The van der Waals surface area contributed by atoms with E-state index in [1.54, 1.807) is 0 Å². The molecule has 0 radical (unpaired) electrons. The molecule has 12 heavy (non-hydrogen) atoms. The number of hydrogen-bond acceptors (Lipinski definition) is 2. The molecule has 0 unspecified atom stereocenters. The number of rotatable bonds is 2. The summed E-state index contributed by atoms with van der Waals surface area (Å²) in [5, 5.41) is 3.33. The number of piperidine rings is 1. The van der Waals surface area contributed by atoms with Gasteiger partial charge in [0.1, 0.15) is 0 Å². The second kappa shape index (κ2) is 3.44. The number of likely N-dealkylation sites (tertiary alicyclic amines) is 1. The van der Waals surface area contributed by atoms with Gasteiger partial charge >= 0.3 is 0 Å². The molecule has 0 saturated carbocycles. The molecular formula is C9H16N2O. The average molecular weight is 168 g/mol. The van der Waals surface area contributed by atoms with Crippen molar-refractivity contribution in [1.82, 2.24) is 10.2 Å². The number of hydrogen-bond donors (Lipinski definition) is 1. The van der Waals surface area contributed by atoms with Gasteiger partial charge in [0, 0.05) is 19.5 Å². The van der Waals surface area contributed by atoms with Crippen molar-refractivity contribution in [3.05, 3.63) is 0 Å². The van der Waals surface area contributed by atoms with Crippen LogP contribution in [0.25, 0.3) is 0 Å². The minimum atomic E-state index is 0.355. The molecule has 3 heteroatoms. The molecule has 3 nitrogen and oxygen atoms in total. The quantitative estimate of drug-likeness (QED) is 0.598. The van der Waals surface area contributed by atoms with Crippen LogP contribution in [0.2, 0.25) is 0 Å². The highest BCUT2D eigenvalue weighted by atomic mass is 16.2. The fourth-order valence-electron chi connectivity index (χ4n) is 1.93. The van der Waals surface area contributed by atoms with Crippen LogP contribution in [0.15, 0.2) is 0 Å². The van der Waals surface area contributed by atoms with E-state index >= 15 is 0 Å². The van der Waals surface area contributed by atoms with E-state index in [4.69, 9.17) is 0 Å². The zero-order valence-corrected chi connectivity index (χ0v) is 7.38. The van der Waals surface area contributed by atoms with Gasteiger partial charge in [-0.25, -0.2) is 0 Å². The summed E-state index contributed by atoms with van der Waals surface area (Å²) >= 11 is 0. The summed E-state index contributed by atoms with van der Waals surface area (Å²) in [4.78, 5) is 13.0. The van der Waals surface area contributed by atoms with E-state index in [-0.39, 0.29) is 0 Å². The van der Waals surface area contributed by atoms with Crippen LogP contribution in [-0.2, 0) is 4.79 Å². The molecular weight excluding hydrogens is 152 g/mol. The Balaban J connectivity index is 1.74. The number of nitrogens with zero attached hydrogens (tertiary/aromatic N) is 1. The van der Waals surface area contributed by atoms with Gasteiger partial charge in [-0.15, -0.1) is 0 Å². The first-order valence-electron chi connectivity index (χ1n) is 4.85. The lowest BCUT2D eigenvalue weighted by molar-refractivity contribution is -0.140. The van der Waals surface area contributed by atoms with Crippen LogP contribution in [0.5, 0.6) is 0 Å². The van der Waals surface area contributed by atoms with Gasteiger partial charge in [-0.1, -0.05) is 0 Å². The van der Waals surface area contributed by atoms with Crippen LogP contribution in [0.1, 0.15) is 19.3 Å². The minimum absolute atomic E-state index is 0.355. The number of amides is 1. The number of nitrogens with one attached hydrogen (secondary N) is 1. The van der Waals surface area contributed by atoms with Gasteiger partial charge < -0.3 is 10.2 Å². The third-order valence-corrected chi connectivity index (χ3v) is 2.89. The first-order valence-corrected chi connectivity index (χ1v) is 4.85. The Morgan fingerprint density at radius 2 is 2.17 bits per heavy atom. The lowest BCUT2D eigenvalue weighted by Gasteiger charge is -2.35. The van der Waals surface area contributed by atoms with E-state index in [0.717, 1.165) is 38.5 Å². The van der Waals surface area contributed by atoms with Crippen LogP contribution >= 0.6 is 0 Å². The number of carbonyl (C=O) groups excluding carboxylic acids is 1. The van der Waals surface area contributed by atoms with Crippen LogP contribution in [0, 0.1) is 5.92 Å². The SMILES string of the molecule is O=C1CCN1CC1CCNCC1. The minimum Gasteiger partial charge on any atom is -0.342 e. The summed E-state index contributed by atoms with van der Waals surface area (Å²) in [6.45, 7) is 4.28. The molecule has 2 rings (SSSR count). The fraction of sp³-hybridized carbons (Fsp3) is 0.889. The van der Waals surface area contributed by atoms with Crippen molar-refractivity contribution in [1.29, 1.82) is 0 Å². The molecule has 2 heterocycles. The van der Waals surface area contributed by atoms with E-state index in [9.17, 15) is 4.79 Å². The van der Waals surface area contributed by atoms with E-state index in [1.807, 2.05) is 4.90 Å². The monoisotopic (exact) mass is 168 g/mol. The molecule has 0 aromatic rings. The molecule has 2 saturated heterocycles. The lowest BCUT2D eigenvalue weighted by atomic mass is 9.96. The maximum Gasteiger partial charge on any atom is 0.224 e. The summed E-state index contributed by atoms with van der Waals surface area (Å²) in [7, 11) is 0. The van der Waals surface area contributed by atoms with Crippen molar-refractivity contribution in [3.8, 4) is 0 Å². The van der Waals surface area contributed by atoms with Gasteiger partial charge in [0.05, 0.1) is 0 Å². The van der Waals surface area contributed by atoms with Gasteiger partial charge in [-0.05, 0) is 31.8 Å². The number of β-lactam (4-membered cyclic amide) rings is 1. The van der Waals surface area contributed by atoms with Crippen molar-refractivity contribution in [3.63, 3.8) is 0 Å². The molecule has 2 fully saturated rings. The zero-order valence-electron chi connectivity index (χ0n) is 7.38. The van der Waals surface area contributed by atoms with Gasteiger partial charge in [0.25, 0.3) is 0 Å². The highest BCUT2D eigenvalue weighted by molar-refractivity contribution is 5.81. The summed E-state index contributed by atoms with van der Waals surface area (Å²) < 4.78 is 0. The van der Waals surface area contributed by atoms with Crippen LogP contribution in [0.3, 0.4) is 0 Å². The van der Waals surface area contributed by atoms with Gasteiger partial charge in [-0.3, -0.25) is 4.79 Å². The Morgan fingerprint density at radius 1 is 1.42 bits per heavy atom. The zero-order chi connectivity index (χ0) is 8.39. The summed E-state index contributed by atoms with van der Waals surface area (Å²) in [6.07, 6.45) is 3.26. The van der Waals surface area contributed by atoms with Crippen molar-refractivity contribution in [2.24, 2.45) is 5.92 Å². The maximum atomic E-state index is 11.0. The highest BCUT2D eigenvalue weighted by Gasteiger charge is 2.26. The average Bonchev–Trinajstić information content (AvgIpc) is 2.14. The van der Waals surface area contributed by atoms with Crippen LogP contribution < -0.4 is 5.32 Å². The van der Waals surface area contributed by atoms with Crippen LogP contribution in [0.4, 0.5) is 0 Å². The molecule has 1 N–H and O–H groups in total. The van der Waals surface area contributed by atoms with E-state index < -0.39 is 0 Å². The van der Waals surface area contributed by atoms with Gasteiger partial charge in [-0.2, -0.15) is 0 Å². The van der Waals surface area contributed by atoms with Crippen molar-refractivity contribution in [2.45, 2.75) is 19.3 Å². The Labute approximate surface area is 73.1 Å². The van der Waals surface area contributed by atoms with Crippen molar-refractivity contribution in [2.75, 3.05) is 26.2 Å². The Bertz CT molecular complexity index is 175. The predicted octanol–water partition coefficient (Wildman–Crippen LogP) is 0.218. The second-order valence-corrected chi connectivity index (χ2v) is 3.78. The molecule has 0 aliphatic carbocycles. The molecule has 68 valence electrons. The smallest absolute Gasteiger partial charge is 0.224 e. The fourth-order valence-corrected chi connectivity index (χ4v) is 1.93. The molecule has 1 amide bonds. The number of carbonyl (C=O) groups is 1. The first kappa shape index (κ1) is 8.05. The summed E-state index contributed by atoms with van der Waals surface area (Å²) in [5.74, 6) is 1.11. The molecule has 2 aliphatic heterocycles. The lowest BCUT2D eigenvalue weighted by Crippen LogP contribution is -2.47. The van der Waals surface area contributed by atoms with E-state index in [1.165, 1.54) is 12.8 Å². The third kappa shape index (κ3) is 1.61. The molecule has 0 bridgehead atoms. The van der Waals surface area contributed by atoms with E-state index in [2.05, 4.69) is 5.32 Å². The highest BCUT2D eigenvalue weighted by Crippen LogP contribution is 2.17. The maximum absolute atomic E-state index is 11.0. The topological polar surface area (TPSA) is 32.3 Å². The van der Waals surface area contributed by atoms with Gasteiger partial charge in [0.2, 0.25) is 5.91 Å². The molecule has 0 atom stereocenters. The van der Waals surface area contributed by atoms with Crippen LogP contribution in [-0.4, -0.2) is 37.0 Å². The van der Waals surface area contributed by atoms with E-state index in [0.29, 0.717) is 5.91 Å².